The number of carbonyl (C=O) groups is 1. The quantitative estimate of drug-likeness (QED) is 0.666. The minimum atomic E-state index is -3.62. The number of sulfonamides is 1. The Morgan fingerprint density at radius 3 is 2.39 bits per heavy atom. The molecule has 0 unspecified atom stereocenters. The molecular formula is C20H26N2O5S. The fourth-order valence-corrected chi connectivity index (χ4v) is 3.80. The molecule has 2 rings (SSSR count). The van der Waals surface area contributed by atoms with E-state index in [0.29, 0.717) is 35.6 Å². The normalized spacial score (nSPS) is 11.1. The molecule has 0 aromatic heterocycles. The van der Waals surface area contributed by atoms with Gasteiger partial charge in [0.1, 0.15) is 0 Å². The molecule has 0 aliphatic carbocycles. The lowest BCUT2D eigenvalue weighted by Crippen LogP contribution is -2.27. The summed E-state index contributed by atoms with van der Waals surface area (Å²) >= 11 is 0. The second-order valence-corrected chi connectivity index (χ2v) is 7.94. The van der Waals surface area contributed by atoms with Gasteiger partial charge in [0.2, 0.25) is 10.0 Å². The van der Waals surface area contributed by atoms with Crippen LogP contribution in [0.25, 0.3) is 0 Å². The summed E-state index contributed by atoms with van der Waals surface area (Å²) in [7, 11) is -0.473. The molecule has 2 N–H and O–H groups in total. The molecule has 0 saturated heterocycles. The van der Waals surface area contributed by atoms with Crippen LogP contribution < -0.4 is 19.5 Å². The van der Waals surface area contributed by atoms with Crippen LogP contribution in [0.4, 0.5) is 0 Å². The Labute approximate surface area is 166 Å². The van der Waals surface area contributed by atoms with Crippen molar-refractivity contribution in [1.82, 2.24) is 10.0 Å². The highest BCUT2D eigenvalue weighted by Gasteiger charge is 2.17. The van der Waals surface area contributed by atoms with Gasteiger partial charge in [0, 0.05) is 18.7 Å². The van der Waals surface area contributed by atoms with Gasteiger partial charge in [-0.05, 0) is 48.7 Å². The van der Waals surface area contributed by atoms with E-state index in [1.165, 1.54) is 12.1 Å². The third kappa shape index (κ3) is 5.24. The Bertz CT molecular complexity index is 942. The number of aryl methyl sites for hydroxylation is 1. The lowest BCUT2D eigenvalue weighted by Gasteiger charge is -2.12. The van der Waals surface area contributed by atoms with Crippen molar-refractivity contribution < 1.29 is 22.7 Å². The summed E-state index contributed by atoms with van der Waals surface area (Å²) in [5.74, 6) is 0.958. The van der Waals surface area contributed by atoms with Crippen LogP contribution >= 0.6 is 0 Å². The molecule has 28 heavy (non-hydrogen) atoms. The van der Waals surface area contributed by atoms with E-state index < -0.39 is 10.0 Å². The predicted molar refractivity (Wildman–Crippen MR) is 108 cm³/mol. The van der Waals surface area contributed by atoms with Gasteiger partial charge in [0.25, 0.3) is 5.91 Å². The first kappa shape index (κ1) is 21.7. The molecule has 152 valence electrons. The van der Waals surface area contributed by atoms with Gasteiger partial charge in [0.15, 0.2) is 11.5 Å². The number of hydrogen-bond acceptors (Lipinski definition) is 5. The minimum Gasteiger partial charge on any atom is -0.493 e. The number of amides is 1. The van der Waals surface area contributed by atoms with Crippen LogP contribution in [0.3, 0.4) is 0 Å². The Kier molecular flexibility index (Phi) is 7.42. The summed E-state index contributed by atoms with van der Waals surface area (Å²) in [4.78, 5) is 12.6. The average molecular weight is 407 g/mol. The molecule has 0 fully saturated rings. The van der Waals surface area contributed by atoms with Crippen molar-refractivity contribution in [1.29, 1.82) is 0 Å². The third-order valence-electron chi connectivity index (χ3n) is 4.25. The molecule has 0 bridgehead atoms. The molecule has 0 spiro atoms. The highest BCUT2D eigenvalue weighted by molar-refractivity contribution is 7.89. The molecular weight excluding hydrogens is 380 g/mol. The fraction of sp³-hybridized carbons (Fsp3) is 0.350. The molecule has 1 amide bonds. The van der Waals surface area contributed by atoms with Gasteiger partial charge in [-0.1, -0.05) is 19.1 Å². The summed E-state index contributed by atoms with van der Waals surface area (Å²) in [5, 5.41) is 2.84. The fourth-order valence-electron chi connectivity index (χ4n) is 2.74. The van der Waals surface area contributed by atoms with E-state index >= 15 is 0 Å². The first-order chi connectivity index (χ1) is 13.3. The summed E-state index contributed by atoms with van der Waals surface area (Å²) in [6, 6.07) is 10.1. The molecule has 0 heterocycles. The zero-order valence-corrected chi connectivity index (χ0v) is 17.4. The van der Waals surface area contributed by atoms with Gasteiger partial charge in [-0.15, -0.1) is 0 Å². The number of ether oxygens (including phenoxy) is 2. The lowest BCUT2D eigenvalue weighted by atomic mass is 10.1. The molecule has 2 aromatic carbocycles. The van der Waals surface area contributed by atoms with Gasteiger partial charge in [0.05, 0.1) is 19.1 Å². The van der Waals surface area contributed by atoms with Crippen LogP contribution in [0, 0.1) is 6.92 Å². The van der Waals surface area contributed by atoms with Crippen molar-refractivity contribution >= 4 is 15.9 Å². The molecule has 2 aromatic rings. The molecule has 7 nitrogen and oxygen atoms in total. The number of benzene rings is 2. The first-order valence-electron chi connectivity index (χ1n) is 8.91. The van der Waals surface area contributed by atoms with E-state index in [0.717, 1.165) is 5.56 Å². The van der Waals surface area contributed by atoms with Crippen LogP contribution in [0.2, 0.25) is 0 Å². The number of hydrogen-bond donors (Lipinski definition) is 2. The van der Waals surface area contributed by atoms with E-state index in [9.17, 15) is 13.2 Å². The van der Waals surface area contributed by atoms with Gasteiger partial charge >= 0.3 is 0 Å². The second-order valence-electron chi connectivity index (χ2n) is 6.17. The van der Waals surface area contributed by atoms with Crippen LogP contribution in [0.5, 0.6) is 11.5 Å². The summed E-state index contributed by atoms with van der Waals surface area (Å²) in [5.41, 5.74) is 2.03. The van der Waals surface area contributed by atoms with Crippen LogP contribution in [0.1, 0.15) is 28.4 Å². The first-order valence-corrected chi connectivity index (χ1v) is 10.4. The highest BCUT2D eigenvalue weighted by Crippen LogP contribution is 2.27. The maximum Gasteiger partial charge on any atom is 0.251 e. The number of methoxy groups -OCH3 is 2. The van der Waals surface area contributed by atoms with Gasteiger partial charge in [-0.3, -0.25) is 4.79 Å². The summed E-state index contributed by atoms with van der Waals surface area (Å²) in [6.45, 7) is 4.15. The van der Waals surface area contributed by atoms with Crippen molar-refractivity contribution in [3.05, 3.63) is 53.1 Å². The van der Waals surface area contributed by atoms with E-state index in [1.54, 1.807) is 34.1 Å². The lowest BCUT2D eigenvalue weighted by molar-refractivity contribution is 0.0953. The molecule has 8 heteroatoms. The highest BCUT2D eigenvalue weighted by atomic mass is 32.2. The zero-order chi connectivity index (χ0) is 20.7. The number of rotatable bonds is 9. The summed E-state index contributed by atoms with van der Waals surface area (Å²) in [6.07, 6.45) is 0.598. The SMILES string of the molecule is CCNS(=O)(=O)c1ccc(C)c(C(=O)NCCc2ccc(OC)c(OC)c2)c1. The topological polar surface area (TPSA) is 93.7 Å². The van der Waals surface area contributed by atoms with E-state index in [4.69, 9.17) is 9.47 Å². The standard InChI is InChI=1S/C20H26N2O5S/c1-5-22-28(24,25)16-8-6-14(2)17(13-16)20(23)21-11-10-15-7-9-18(26-3)19(12-15)27-4/h6-9,12-13,22H,5,10-11H2,1-4H3,(H,21,23). The third-order valence-corrected chi connectivity index (χ3v) is 5.79. The summed E-state index contributed by atoms with van der Waals surface area (Å²) < 4.78 is 37.2. The van der Waals surface area contributed by atoms with Crippen molar-refractivity contribution in [3.63, 3.8) is 0 Å². The maximum atomic E-state index is 12.5. The zero-order valence-electron chi connectivity index (χ0n) is 16.5. The smallest absolute Gasteiger partial charge is 0.251 e. The molecule has 0 saturated carbocycles. The minimum absolute atomic E-state index is 0.0741. The molecule has 0 radical (unpaired) electrons. The van der Waals surface area contributed by atoms with E-state index in [-0.39, 0.29) is 17.3 Å². The van der Waals surface area contributed by atoms with E-state index in [1.807, 2.05) is 18.2 Å². The van der Waals surface area contributed by atoms with Crippen LogP contribution in [-0.4, -0.2) is 41.6 Å². The van der Waals surface area contributed by atoms with E-state index in [2.05, 4.69) is 10.0 Å². The largest absolute Gasteiger partial charge is 0.493 e. The average Bonchev–Trinajstić information content (AvgIpc) is 2.67. The van der Waals surface area contributed by atoms with Crippen LogP contribution in [0.15, 0.2) is 41.3 Å². The van der Waals surface area contributed by atoms with Gasteiger partial charge in [-0.25, -0.2) is 13.1 Å². The van der Waals surface area contributed by atoms with Crippen molar-refractivity contribution in [2.45, 2.75) is 25.2 Å². The Balaban J connectivity index is 2.07. The number of nitrogens with one attached hydrogen (secondary N) is 2. The van der Waals surface area contributed by atoms with Crippen molar-refractivity contribution in [3.8, 4) is 11.5 Å². The second kappa shape index (κ2) is 9.57. The Morgan fingerprint density at radius 1 is 1.04 bits per heavy atom. The van der Waals surface area contributed by atoms with Gasteiger partial charge < -0.3 is 14.8 Å². The van der Waals surface area contributed by atoms with Crippen molar-refractivity contribution in [2.24, 2.45) is 0 Å². The Hall–Kier alpha value is -2.58. The molecule has 0 atom stereocenters. The Morgan fingerprint density at radius 2 is 1.75 bits per heavy atom. The maximum absolute atomic E-state index is 12.5. The molecule has 0 aliphatic heterocycles. The number of carbonyl (C=O) groups excluding carboxylic acids is 1. The molecule has 0 aliphatic rings. The van der Waals surface area contributed by atoms with Crippen molar-refractivity contribution in [2.75, 3.05) is 27.3 Å². The van der Waals surface area contributed by atoms with Crippen LogP contribution in [-0.2, 0) is 16.4 Å². The monoisotopic (exact) mass is 406 g/mol. The van der Waals surface area contributed by atoms with Gasteiger partial charge in [-0.2, -0.15) is 0 Å². The predicted octanol–water partition coefficient (Wildman–Crippen LogP) is 2.28.